The van der Waals surface area contributed by atoms with Crippen LogP contribution in [0.1, 0.15) is 0 Å². The fraction of sp³-hybridized carbons (Fsp3) is 0.0500. The van der Waals surface area contributed by atoms with Crippen LogP contribution in [0.3, 0.4) is 0 Å². The second-order valence-electron chi connectivity index (χ2n) is 5.90. The largest absolute Gasteiger partial charge is 0.504 e. The van der Waals surface area contributed by atoms with Crippen LogP contribution in [0.4, 0.5) is 11.5 Å². The monoisotopic (exact) mass is 399 g/mol. The van der Waals surface area contributed by atoms with E-state index in [0.717, 1.165) is 22.7 Å². The second kappa shape index (κ2) is 7.02. The van der Waals surface area contributed by atoms with Gasteiger partial charge >= 0.3 is 0 Å². The highest BCUT2D eigenvalue weighted by atomic mass is 35.5. The van der Waals surface area contributed by atoms with Crippen molar-refractivity contribution in [3.05, 3.63) is 70.8 Å². The van der Waals surface area contributed by atoms with Crippen molar-refractivity contribution in [2.75, 3.05) is 12.4 Å². The average Bonchev–Trinajstić information content (AvgIpc) is 3.01. The summed E-state index contributed by atoms with van der Waals surface area (Å²) >= 11 is 12.2. The molecule has 0 spiro atoms. The average molecular weight is 400 g/mol. The first-order valence-electron chi connectivity index (χ1n) is 8.13. The second-order valence-corrected chi connectivity index (χ2v) is 6.78. The van der Waals surface area contributed by atoms with Crippen LogP contribution in [0.15, 0.2) is 60.8 Å². The number of benzene rings is 2. The summed E-state index contributed by atoms with van der Waals surface area (Å²) in [5.74, 6) is 1.18. The lowest BCUT2D eigenvalue weighted by molar-refractivity contribution is 0.373. The molecule has 0 aliphatic heterocycles. The Kier molecular flexibility index (Phi) is 4.56. The molecule has 2 aromatic heterocycles. The Morgan fingerprint density at radius 1 is 1.00 bits per heavy atom. The van der Waals surface area contributed by atoms with Crippen molar-refractivity contribution in [1.82, 2.24) is 9.38 Å². The fourth-order valence-corrected chi connectivity index (χ4v) is 3.12. The Morgan fingerprint density at radius 2 is 1.74 bits per heavy atom. The van der Waals surface area contributed by atoms with E-state index in [4.69, 9.17) is 32.9 Å². The number of nitrogens with zero attached hydrogens (tertiary/aromatic N) is 2. The number of ether oxygens (including phenoxy) is 1. The SMILES string of the molecule is COc1cc(-c2nc3ccc(Cl)cn3c2Nc2ccc(Cl)cc2)ccc1O. The minimum atomic E-state index is 0.0697. The van der Waals surface area contributed by atoms with Crippen molar-refractivity contribution >= 4 is 40.4 Å². The number of aromatic nitrogens is 2. The number of methoxy groups -OCH3 is 1. The molecule has 0 aliphatic rings. The van der Waals surface area contributed by atoms with E-state index in [0.29, 0.717) is 21.5 Å². The lowest BCUT2D eigenvalue weighted by atomic mass is 10.1. The Bertz CT molecular complexity index is 1120. The molecule has 0 radical (unpaired) electrons. The summed E-state index contributed by atoms with van der Waals surface area (Å²) in [6.07, 6.45) is 1.79. The maximum atomic E-state index is 9.89. The maximum Gasteiger partial charge on any atom is 0.161 e. The third-order valence-corrected chi connectivity index (χ3v) is 4.62. The lowest BCUT2D eigenvalue weighted by Crippen LogP contribution is -1.97. The number of rotatable bonds is 4. The molecule has 7 heteroatoms. The van der Waals surface area contributed by atoms with Gasteiger partial charge in [0.05, 0.1) is 12.1 Å². The third kappa shape index (κ3) is 3.39. The van der Waals surface area contributed by atoms with Gasteiger partial charge in [-0.15, -0.1) is 0 Å². The van der Waals surface area contributed by atoms with Crippen LogP contribution in [0.2, 0.25) is 10.0 Å². The fourth-order valence-electron chi connectivity index (χ4n) is 2.83. The minimum absolute atomic E-state index is 0.0697. The van der Waals surface area contributed by atoms with Crippen LogP contribution >= 0.6 is 23.2 Å². The Labute approximate surface area is 165 Å². The predicted octanol–water partition coefficient (Wildman–Crippen LogP) is 5.77. The number of nitrogens with one attached hydrogen (secondary N) is 1. The quantitative estimate of drug-likeness (QED) is 0.457. The minimum Gasteiger partial charge on any atom is -0.504 e. The smallest absolute Gasteiger partial charge is 0.161 e. The van der Waals surface area contributed by atoms with Crippen LogP contribution in [-0.2, 0) is 0 Å². The number of hydrogen-bond acceptors (Lipinski definition) is 4. The highest BCUT2D eigenvalue weighted by Crippen LogP contribution is 2.36. The van der Waals surface area contributed by atoms with Gasteiger partial charge in [0.15, 0.2) is 11.5 Å². The van der Waals surface area contributed by atoms with Crippen molar-refractivity contribution < 1.29 is 9.84 Å². The molecule has 4 rings (SSSR count). The van der Waals surface area contributed by atoms with Crippen LogP contribution in [-0.4, -0.2) is 21.6 Å². The first-order chi connectivity index (χ1) is 13.0. The molecule has 0 atom stereocenters. The maximum absolute atomic E-state index is 9.89. The van der Waals surface area contributed by atoms with Gasteiger partial charge in [0.2, 0.25) is 0 Å². The van der Waals surface area contributed by atoms with E-state index in [1.807, 2.05) is 34.7 Å². The van der Waals surface area contributed by atoms with Crippen LogP contribution in [0, 0.1) is 0 Å². The molecule has 2 heterocycles. The highest BCUT2D eigenvalue weighted by Gasteiger charge is 2.16. The van der Waals surface area contributed by atoms with E-state index < -0.39 is 0 Å². The molecule has 5 nitrogen and oxygen atoms in total. The number of pyridine rings is 1. The molecule has 136 valence electrons. The molecule has 0 bridgehead atoms. The summed E-state index contributed by atoms with van der Waals surface area (Å²) in [5.41, 5.74) is 3.08. The summed E-state index contributed by atoms with van der Waals surface area (Å²) in [7, 11) is 1.51. The first-order valence-corrected chi connectivity index (χ1v) is 8.88. The van der Waals surface area contributed by atoms with E-state index >= 15 is 0 Å². The molecule has 0 unspecified atom stereocenters. The number of phenolic OH excluding ortho intramolecular Hbond substituents is 1. The molecule has 0 aliphatic carbocycles. The molecule has 0 fully saturated rings. The summed E-state index contributed by atoms with van der Waals surface area (Å²) in [4.78, 5) is 4.72. The Morgan fingerprint density at radius 3 is 2.48 bits per heavy atom. The van der Waals surface area contributed by atoms with Gasteiger partial charge in [-0.1, -0.05) is 23.2 Å². The number of hydrogen-bond donors (Lipinski definition) is 2. The molecule has 4 aromatic rings. The Balaban J connectivity index is 1.90. The van der Waals surface area contributed by atoms with Crippen molar-refractivity contribution in [3.63, 3.8) is 0 Å². The summed E-state index contributed by atoms with van der Waals surface area (Å²) in [6, 6.07) is 16.1. The third-order valence-electron chi connectivity index (χ3n) is 4.14. The number of fused-ring (bicyclic) bond motifs is 1. The van der Waals surface area contributed by atoms with Crippen LogP contribution < -0.4 is 10.1 Å². The molecule has 2 N–H and O–H groups in total. The van der Waals surface area contributed by atoms with E-state index in [9.17, 15) is 5.11 Å². The van der Waals surface area contributed by atoms with Crippen LogP contribution in [0.25, 0.3) is 16.9 Å². The summed E-state index contributed by atoms with van der Waals surface area (Å²) < 4.78 is 7.11. The van der Waals surface area contributed by atoms with Crippen molar-refractivity contribution in [1.29, 1.82) is 0 Å². The lowest BCUT2D eigenvalue weighted by Gasteiger charge is -2.10. The number of halogens is 2. The molecular formula is C20H15Cl2N3O2. The van der Waals surface area contributed by atoms with Gasteiger partial charge in [-0.25, -0.2) is 4.98 Å². The van der Waals surface area contributed by atoms with Crippen molar-refractivity contribution in [2.45, 2.75) is 0 Å². The zero-order chi connectivity index (χ0) is 19.0. The summed E-state index contributed by atoms with van der Waals surface area (Å²) in [6.45, 7) is 0. The predicted molar refractivity (Wildman–Crippen MR) is 109 cm³/mol. The number of imidazole rings is 1. The Hall–Kier alpha value is -2.89. The van der Waals surface area contributed by atoms with Gasteiger partial charge in [0.1, 0.15) is 17.2 Å². The van der Waals surface area contributed by atoms with Gasteiger partial charge in [0.25, 0.3) is 0 Å². The van der Waals surface area contributed by atoms with Crippen LogP contribution in [0.5, 0.6) is 11.5 Å². The van der Waals surface area contributed by atoms with Crippen molar-refractivity contribution in [3.8, 4) is 22.8 Å². The van der Waals surface area contributed by atoms with E-state index in [1.165, 1.54) is 7.11 Å². The number of aromatic hydroxyl groups is 1. The van der Waals surface area contributed by atoms with Gasteiger partial charge < -0.3 is 15.2 Å². The van der Waals surface area contributed by atoms with Gasteiger partial charge in [-0.2, -0.15) is 0 Å². The van der Waals surface area contributed by atoms with Crippen molar-refractivity contribution in [2.24, 2.45) is 0 Å². The standard InChI is InChI=1S/C20H15Cl2N3O2/c1-27-17-10-12(2-8-16(17)26)19-20(23-15-6-3-13(21)4-7-15)25-11-14(22)5-9-18(25)24-19/h2-11,23,26H,1H3. The molecular weight excluding hydrogens is 385 g/mol. The molecule has 2 aromatic carbocycles. The zero-order valence-electron chi connectivity index (χ0n) is 14.3. The van der Waals surface area contributed by atoms with E-state index in [-0.39, 0.29) is 5.75 Å². The van der Waals surface area contributed by atoms with E-state index in [1.54, 1.807) is 30.5 Å². The normalized spacial score (nSPS) is 10.9. The summed E-state index contributed by atoms with van der Waals surface area (Å²) in [5, 5.41) is 14.5. The van der Waals surface area contributed by atoms with E-state index in [2.05, 4.69) is 5.32 Å². The molecule has 0 saturated carbocycles. The zero-order valence-corrected chi connectivity index (χ0v) is 15.8. The number of anilines is 2. The first kappa shape index (κ1) is 17.5. The molecule has 27 heavy (non-hydrogen) atoms. The van der Waals surface area contributed by atoms with Gasteiger partial charge in [-0.05, 0) is 54.6 Å². The topological polar surface area (TPSA) is 58.8 Å². The number of phenols is 1. The highest BCUT2D eigenvalue weighted by molar-refractivity contribution is 6.30. The molecule has 0 amide bonds. The van der Waals surface area contributed by atoms with Gasteiger partial charge in [0, 0.05) is 22.5 Å². The molecule has 0 saturated heterocycles. The van der Waals surface area contributed by atoms with Gasteiger partial charge in [-0.3, -0.25) is 4.40 Å².